The highest BCUT2D eigenvalue weighted by Gasteiger charge is 2.27. The van der Waals surface area contributed by atoms with E-state index in [9.17, 15) is 9.59 Å². The summed E-state index contributed by atoms with van der Waals surface area (Å²) in [6.45, 7) is 8.57. The van der Waals surface area contributed by atoms with Gasteiger partial charge >= 0.3 is 11.8 Å². The molecule has 0 saturated carbocycles. The molecule has 0 atom stereocenters. The zero-order chi connectivity index (χ0) is 19.4. The second kappa shape index (κ2) is 7.78. The third kappa shape index (κ3) is 4.45. The largest absolute Gasteiger partial charge is 0.353 e. The van der Waals surface area contributed by atoms with Crippen LogP contribution in [0.1, 0.15) is 26.3 Å². The molecular formula is C21H26N4O2. The zero-order valence-electron chi connectivity index (χ0n) is 16.1. The Bertz CT molecular complexity index is 806. The van der Waals surface area contributed by atoms with Crippen molar-refractivity contribution in [3.05, 3.63) is 54.2 Å². The molecule has 142 valence electrons. The number of carbonyl (C=O) groups is 2. The number of carbonyl (C=O) groups excluding carboxylic acids is 2. The van der Waals surface area contributed by atoms with E-state index in [1.165, 1.54) is 0 Å². The minimum absolute atomic E-state index is 0.124. The molecule has 0 bridgehead atoms. The fourth-order valence-corrected chi connectivity index (χ4v) is 3.24. The van der Waals surface area contributed by atoms with Crippen LogP contribution >= 0.6 is 0 Å². The van der Waals surface area contributed by atoms with E-state index in [1.807, 2.05) is 42.5 Å². The van der Waals surface area contributed by atoms with Gasteiger partial charge in [-0.1, -0.05) is 45.0 Å². The van der Waals surface area contributed by atoms with Crippen LogP contribution in [0, 0.1) is 0 Å². The summed E-state index contributed by atoms with van der Waals surface area (Å²) in [4.78, 5) is 33.2. The number of hydrogen-bond donors (Lipinski definition) is 1. The van der Waals surface area contributed by atoms with Gasteiger partial charge in [0.15, 0.2) is 0 Å². The highest BCUT2D eigenvalue weighted by atomic mass is 16.2. The summed E-state index contributed by atoms with van der Waals surface area (Å²) in [6, 6.07) is 13.4. The number of aromatic nitrogens is 1. The van der Waals surface area contributed by atoms with Crippen LogP contribution in [0.4, 0.5) is 11.5 Å². The Hall–Kier alpha value is -2.89. The summed E-state index contributed by atoms with van der Waals surface area (Å²) in [6.07, 6.45) is 1.76. The smallest absolute Gasteiger partial charge is 0.313 e. The Kier molecular flexibility index (Phi) is 5.44. The highest BCUT2D eigenvalue weighted by molar-refractivity contribution is 6.39. The molecule has 2 heterocycles. The van der Waals surface area contributed by atoms with Crippen molar-refractivity contribution in [3.8, 4) is 0 Å². The van der Waals surface area contributed by atoms with Crippen molar-refractivity contribution < 1.29 is 9.59 Å². The van der Waals surface area contributed by atoms with Gasteiger partial charge in [-0.25, -0.2) is 4.98 Å². The average molecular weight is 366 g/mol. The fraction of sp³-hybridized carbons (Fsp3) is 0.381. The minimum Gasteiger partial charge on any atom is -0.353 e. The molecule has 1 fully saturated rings. The van der Waals surface area contributed by atoms with E-state index in [0.29, 0.717) is 31.9 Å². The van der Waals surface area contributed by atoms with Crippen molar-refractivity contribution in [3.63, 3.8) is 0 Å². The number of benzene rings is 1. The SMILES string of the molecule is CC(C)(C)c1ccccc1NC(=O)C(=O)N1CCN(c2ccccn2)CC1. The number of nitrogens with one attached hydrogen (secondary N) is 1. The molecular weight excluding hydrogens is 340 g/mol. The summed E-state index contributed by atoms with van der Waals surface area (Å²) < 4.78 is 0. The van der Waals surface area contributed by atoms with Crippen LogP contribution in [0.2, 0.25) is 0 Å². The van der Waals surface area contributed by atoms with Gasteiger partial charge in [-0.05, 0) is 29.2 Å². The average Bonchev–Trinajstić information content (AvgIpc) is 2.68. The van der Waals surface area contributed by atoms with Gasteiger partial charge in [0.1, 0.15) is 5.82 Å². The predicted octanol–water partition coefficient (Wildman–Crippen LogP) is 2.67. The van der Waals surface area contributed by atoms with E-state index in [4.69, 9.17) is 0 Å². The summed E-state index contributed by atoms with van der Waals surface area (Å²) >= 11 is 0. The first-order valence-corrected chi connectivity index (χ1v) is 9.22. The molecule has 1 saturated heterocycles. The molecule has 1 N–H and O–H groups in total. The lowest BCUT2D eigenvalue weighted by Crippen LogP contribution is -2.51. The number of piperazine rings is 1. The molecule has 1 aliphatic rings. The minimum atomic E-state index is -0.585. The molecule has 6 heteroatoms. The summed E-state index contributed by atoms with van der Waals surface area (Å²) in [7, 11) is 0. The first-order chi connectivity index (χ1) is 12.9. The molecule has 0 spiro atoms. The van der Waals surface area contributed by atoms with Gasteiger partial charge in [0, 0.05) is 38.1 Å². The van der Waals surface area contributed by atoms with Gasteiger partial charge in [0.25, 0.3) is 0 Å². The lowest BCUT2D eigenvalue weighted by molar-refractivity contribution is -0.143. The van der Waals surface area contributed by atoms with E-state index < -0.39 is 11.8 Å². The number of hydrogen-bond acceptors (Lipinski definition) is 4. The molecule has 0 radical (unpaired) electrons. The first-order valence-electron chi connectivity index (χ1n) is 9.22. The maximum atomic E-state index is 12.6. The number of para-hydroxylation sites is 1. The van der Waals surface area contributed by atoms with Gasteiger partial charge in [-0.15, -0.1) is 0 Å². The van der Waals surface area contributed by atoms with Crippen molar-refractivity contribution >= 4 is 23.3 Å². The van der Waals surface area contributed by atoms with Gasteiger partial charge in [-0.2, -0.15) is 0 Å². The van der Waals surface area contributed by atoms with Gasteiger partial charge in [-0.3, -0.25) is 9.59 Å². The monoisotopic (exact) mass is 366 g/mol. The van der Waals surface area contributed by atoms with Crippen molar-refractivity contribution in [2.24, 2.45) is 0 Å². The molecule has 1 aliphatic heterocycles. The van der Waals surface area contributed by atoms with E-state index in [-0.39, 0.29) is 5.41 Å². The molecule has 27 heavy (non-hydrogen) atoms. The first kappa shape index (κ1) is 18.9. The lowest BCUT2D eigenvalue weighted by Gasteiger charge is -2.35. The molecule has 1 aromatic heterocycles. The lowest BCUT2D eigenvalue weighted by atomic mass is 9.86. The quantitative estimate of drug-likeness (QED) is 0.830. The normalized spacial score (nSPS) is 14.8. The summed E-state index contributed by atoms with van der Waals surface area (Å²) in [5, 5.41) is 2.80. The van der Waals surface area contributed by atoms with E-state index in [0.717, 1.165) is 11.4 Å². The number of anilines is 2. The van der Waals surface area contributed by atoms with Crippen LogP contribution in [0.3, 0.4) is 0 Å². The Morgan fingerprint density at radius 3 is 2.26 bits per heavy atom. The standard InChI is InChI=1S/C21H26N4O2/c1-21(2,3)16-8-4-5-9-17(16)23-19(26)20(27)25-14-12-24(13-15-25)18-10-6-7-11-22-18/h4-11H,12-15H2,1-3H3,(H,23,26). The van der Waals surface area contributed by atoms with E-state index >= 15 is 0 Å². The Labute approximate surface area is 160 Å². The van der Waals surface area contributed by atoms with Crippen LogP contribution in [-0.4, -0.2) is 47.9 Å². The van der Waals surface area contributed by atoms with Crippen molar-refractivity contribution in [2.45, 2.75) is 26.2 Å². The molecule has 6 nitrogen and oxygen atoms in total. The van der Waals surface area contributed by atoms with Gasteiger partial charge in [0.05, 0.1) is 0 Å². The Morgan fingerprint density at radius 1 is 0.963 bits per heavy atom. The second-order valence-electron chi connectivity index (χ2n) is 7.72. The van der Waals surface area contributed by atoms with Gasteiger partial charge in [0.2, 0.25) is 0 Å². The molecule has 2 aromatic rings. The third-order valence-corrected chi connectivity index (χ3v) is 4.72. The second-order valence-corrected chi connectivity index (χ2v) is 7.72. The Morgan fingerprint density at radius 2 is 1.63 bits per heavy atom. The van der Waals surface area contributed by atoms with Crippen LogP contribution in [0.25, 0.3) is 0 Å². The number of nitrogens with zero attached hydrogens (tertiary/aromatic N) is 3. The highest BCUT2D eigenvalue weighted by Crippen LogP contribution is 2.29. The van der Waals surface area contributed by atoms with Crippen molar-refractivity contribution in [1.29, 1.82) is 0 Å². The van der Waals surface area contributed by atoms with E-state index in [1.54, 1.807) is 11.1 Å². The van der Waals surface area contributed by atoms with Crippen LogP contribution in [0.15, 0.2) is 48.7 Å². The molecule has 3 rings (SSSR count). The number of pyridine rings is 1. The van der Waals surface area contributed by atoms with Crippen LogP contribution in [-0.2, 0) is 15.0 Å². The topological polar surface area (TPSA) is 65.5 Å². The molecule has 1 aromatic carbocycles. The molecule has 0 aliphatic carbocycles. The van der Waals surface area contributed by atoms with Crippen LogP contribution in [0.5, 0.6) is 0 Å². The predicted molar refractivity (Wildman–Crippen MR) is 107 cm³/mol. The zero-order valence-corrected chi connectivity index (χ0v) is 16.1. The summed E-state index contributed by atoms with van der Waals surface area (Å²) in [5.74, 6) is -0.175. The maximum Gasteiger partial charge on any atom is 0.313 e. The number of rotatable bonds is 2. The Balaban J connectivity index is 1.62. The van der Waals surface area contributed by atoms with Crippen molar-refractivity contribution in [2.75, 3.05) is 36.4 Å². The summed E-state index contributed by atoms with van der Waals surface area (Å²) in [5.41, 5.74) is 1.57. The van der Waals surface area contributed by atoms with Crippen LogP contribution < -0.4 is 10.2 Å². The fourth-order valence-electron chi connectivity index (χ4n) is 3.24. The maximum absolute atomic E-state index is 12.6. The van der Waals surface area contributed by atoms with Gasteiger partial charge < -0.3 is 15.1 Å². The third-order valence-electron chi connectivity index (χ3n) is 4.72. The van der Waals surface area contributed by atoms with Crippen molar-refractivity contribution in [1.82, 2.24) is 9.88 Å². The molecule has 0 unspecified atom stereocenters. The molecule has 2 amide bonds. The van der Waals surface area contributed by atoms with E-state index in [2.05, 4.69) is 36.0 Å². The number of amides is 2.